The summed E-state index contributed by atoms with van der Waals surface area (Å²) in [5.41, 5.74) is 2.47. The van der Waals surface area contributed by atoms with E-state index in [1.54, 1.807) is 29.7 Å². The molecule has 2 aromatic carbocycles. The molecule has 5 amide bonds. The fraction of sp³-hybridized carbons (Fsp3) is 0.414. The fourth-order valence-corrected chi connectivity index (χ4v) is 5.21. The summed E-state index contributed by atoms with van der Waals surface area (Å²) in [6.45, 7) is 2.80. The Balaban J connectivity index is 0.00000705. The van der Waals surface area contributed by atoms with Gasteiger partial charge in [-0.25, -0.2) is 13.9 Å². The Morgan fingerprint density at radius 2 is 1.51 bits per heavy atom. The second-order valence-corrected chi connectivity index (χ2v) is 12.2. The van der Waals surface area contributed by atoms with Gasteiger partial charge >= 0.3 is 29.6 Å². The average molecular weight is 655 g/mol. The maximum atomic E-state index is 13.7. The fourth-order valence-electron chi connectivity index (χ4n) is 4.92. The molecule has 2 aromatic rings. The molecule has 0 saturated carbocycles. The van der Waals surface area contributed by atoms with Gasteiger partial charge in [0.2, 0.25) is 17.7 Å². The number of hydroxylamine groups is 1. The number of imide groups is 1. The van der Waals surface area contributed by atoms with E-state index in [1.807, 2.05) is 13.8 Å². The Bertz CT molecular complexity index is 1470. The molecule has 3 atom stereocenters. The van der Waals surface area contributed by atoms with E-state index in [9.17, 15) is 42.2 Å². The SMILES string of the molecule is CNC(=O)C(Cc1ccc(OCCS(=O)(=O)[O-])cc1)NC(=O)C(CC(C)C)C(CN1C(=O)c2ccccc2C1=O)C(=O)NO.[Na+]. The van der Waals surface area contributed by atoms with Crippen molar-refractivity contribution in [3.05, 3.63) is 65.2 Å². The molecule has 0 spiro atoms. The third-order valence-electron chi connectivity index (χ3n) is 7.10. The third kappa shape index (κ3) is 10.3. The predicted octanol–water partition coefficient (Wildman–Crippen LogP) is -2.53. The average Bonchev–Trinajstić information content (AvgIpc) is 3.22. The largest absolute Gasteiger partial charge is 1.00 e. The van der Waals surface area contributed by atoms with Gasteiger partial charge in [-0.2, -0.15) is 0 Å². The van der Waals surface area contributed by atoms with Crippen molar-refractivity contribution in [1.29, 1.82) is 0 Å². The second-order valence-electron chi connectivity index (χ2n) is 10.7. The Hall–Kier alpha value is -3.34. The number of hydrogen-bond acceptors (Lipinski definition) is 10. The molecule has 238 valence electrons. The summed E-state index contributed by atoms with van der Waals surface area (Å²) in [5.74, 6) is -6.49. The predicted molar refractivity (Wildman–Crippen MR) is 154 cm³/mol. The van der Waals surface area contributed by atoms with Crippen molar-refractivity contribution in [3.8, 4) is 5.75 Å². The van der Waals surface area contributed by atoms with Gasteiger partial charge in [0.05, 0.1) is 38.8 Å². The number of ether oxygens (including phenoxy) is 1. The van der Waals surface area contributed by atoms with Gasteiger partial charge in [-0.1, -0.05) is 38.1 Å². The topological polar surface area (TPSA) is 211 Å². The van der Waals surface area contributed by atoms with Crippen LogP contribution in [0, 0.1) is 17.8 Å². The van der Waals surface area contributed by atoms with Crippen LogP contribution in [-0.4, -0.2) is 84.6 Å². The van der Waals surface area contributed by atoms with E-state index in [0.29, 0.717) is 11.3 Å². The van der Waals surface area contributed by atoms with Crippen molar-refractivity contribution >= 4 is 39.7 Å². The van der Waals surface area contributed by atoms with E-state index in [4.69, 9.17) is 4.74 Å². The molecule has 16 heteroatoms. The number of nitrogens with zero attached hydrogens (tertiary/aromatic N) is 1. The Morgan fingerprint density at radius 1 is 0.933 bits per heavy atom. The quantitative estimate of drug-likeness (QED) is 0.0520. The molecule has 0 aliphatic carbocycles. The van der Waals surface area contributed by atoms with Gasteiger partial charge in [0.1, 0.15) is 18.4 Å². The van der Waals surface area contributed by atoms with E-state index in [1.165, 1.54) is 31.3 Å². The molecule has 0 saturated heterocycles. The van der Waals surface area contributed by atoms with E-state index in [2.05, 4.69) is 10.6 Å². The van der Waals surface area contributed by atoms with Gasteiger partial charge in [0.15, 0.2) is 0 Å². The zero-order chi connectivity index (χ0) is 32.6. The minimum Gasteiger partial charge on any atom is -0.748 e. The van der Waals surface area contributed by atoms with Gasteiger partial charge in [-0.15, -0.1) is 0 Å². The van der Waals surface area contributed by atoms with Crippen molar-refractivity contribution in [2.75, 3.05) is 26.0 Å². The van der Waals surface area contributed by atoms with Crippen LogP contribution >= 0.6 is 0 Å². The maximum absolute atomic E-state index is 13.7. The van der Waals surface area contributed by atoms with Crippen LogP contribution in [0.4, 0.5) is 0 Å². The minimum absolute atomic E-state index is 0. The standard InChI is InChI=1S/C29H36N4O10S.Na/c1-17(2)14-22(23(26(35)32-39)16-33-28(37)20-6-4-5-7-21(20)29(33)38)25(34)31-24(27(36)30-3)15-18-8-10-19(11-9-18)43-12-13-44(40,41)42;/h4-11,17,22-24,39H,12-16H2,1-3H3,(H,30,36)(H,31,34)(H,32,35)(H,40,41,42);/q;+1/p-1. The van der Waals surface area contributed by atoms with Crippen LogP contribution in [0.25, 0.3) is 0 Å². The zero-order valence-electron chi connectivity index (χ0n) is 25.4. The molecule has 4 N–H and O–H groups in total. The van der Waals surface area contributed by atoms with Gasteiger partial charge in [-0.3, -0.25) is 34.1 Å². The number of rotatable bonds is 15. The smallest absolute Gasteiger partial charge is 0.748 e. The summed E-state index contributed by atoms with van der Waals surface area (Å²) >= 11 is 0. The van der Waals surface area contributed by atoms with Gasteiger partial charge < -0.3 is 19.9 Å². The molecule has 0 fully saturated rings. The number of carbonyl (C=O) groups excluding carboxylic acids is 5. The van der Waals surface area contributed by atoms with Gasteiger partial charge in [0, 0.05) is 20.0 Å². The van der Waals surface area contributed by atoms with Crippen molar-refractivity contribution in [2.45, 2.75) is 32.7 Å². The normalized spacial score (nSPS) is 14.6. The summed E-state index contributed by atoms with van der Waals surface area (Å²) in [5, 5.41) is 14.7. The number of carbonyl (C=O) groups is 5. The molecule has 0 bridgehead atoms. The summed E-state index contributed by atoms with van der Waals surface area (Å²) < 4.78 is 37.6. The van der Waals surface area contributed by atoms with Crippen LogP contribution in [0.1, 0.15) is 46.5 Å². The third-order valence-corrected chi connectivity index (χ3v) is 7.76. The Labute approximate surface area is 283 Å². The molecule has 0 radical (unpaired) electrons. The first-order chi connectivity index (χ1) is 20.7. The van der Waals surface area contributed by atoms with Crippen molar-refractivity contribution in [3.63, 3.8) is 0 Å². The summed E-state index contributed by atoms with van der Waals surface area (Å²) in [6, 6.07) is 11.3. The molecule has 0 aromatic heterocycles. The number of benzene rings is 2. The molecule has 3 unspecified atom stereocenters. The maximum Gasteiger partial charge on any atom is 1.00 e. The Kier molecular flexibility index (Phi) is 14.1. The monoisotopic (exact) mass is 654 g/mol. The first-order valence-electron chi connectivity index (χ1n) is 13.8. The molecule has 1 aliphatic rings. The van der Waals surface area contributed by atoms with Crippen molar-refractivity contribution in [1.82, 2.24) is 21.0 Å². The number of fused-ring (bicyclic) bond motifs is 1. The van der Waals surface area contributed by atoms with Crippen LogP contribution in [0.5, 0.6) is 5.75 Å². The zero-order valence-corrected chi connectivity index (χ0v) is 28.3. The van der Waals surface area contributed by atoms with Gasteiger partial charge in [0.25, 0.3) is 11.8 Å². The van der Waals surface area contributed by atoms with Gasteiger partial charge in [-0.05, 0) is 42.2 Å². The summed E-state index contributed by atoms with van der Waals surface area (Å²) in [6.07, 6.45) is 0.142. The van der Waals surface area contributed by atoms with Crippen LogP contribution in [0.3, 0.4) is 0 Å². The van der Waals surface area contributed by atoms with Crippen LogP contribution in [0.15, 0.2) is 48.5 Å². The van der Waals surface area contributed by atoms with E-state index in [-0.39, 0.29) is 66.1 Å². The van der Waals surface area contributed by atoms with Crippen molar-refractivity contribution in [2.24, 2.45) is 17.8 Å². The summed E-state index contributed by atoms with van der Waals surface area (Å²) in [4.78, 5) is 66.3. The number of nitrogens with one attached hydrogen (secondary N) is 3. The Morgan fingerprint density at radius 3 is 2.00 bits per heavy atom. The first kappa shape index (κ1) is 37.8. The summed E-state index contributed by atoms with van der Waals surface area (Å²) in [7, 11) is -3.04. The van der Waals surface area contributed by atoms with Crippen LogP contribution < -0.4 is 50.4 Å². The number of likely N-dealkylation sites (N-methyl/N-ethyl adjacent to an activating group) is 1. The number of hydrogen-bond donors (Lipinski definition) is 4. The van der Waals surface area contributed by atoms with E-state index < -0.39 is 69.8 Å². The van der Waals surface area contributed by atoms with Crippen LogP contribution in [-0.2, 0) is 30.9 Å². The second kappa shape index (κ2) is 16.8. The molecular formula is C29H35N4NaO10S. The molecule has 1 heterocycles. The first-order valence-corrected chi connectivity index (χ1v) is 15.4. The molecule has 3 rings (SSSR count). The molecule has 1 aliphatic heterocycles. The van der Waals surface area contributed by atoms with E-state index >= 15 is 0 Å². The van der Waals surface area contributed by atoms with E-state index in [0.717, 1.165) is 4.90 Å². The molecule has 45 heavy (non-hydrogen) atoms. The minimum atomic E-state index is -4.43. The number of amides is 5. The molecule has 14 nitrogen and oxygen atoms in total. The van der Waals surface area contributed by atoms with Crippen molar-refractivity contribution < 1.29 is 76.4 Å². The molecular weight excluding hydrogens is 619 g/mol. The van der Waals surface area contributed by atoms with Crippen LogP contribution in [0.2, 0.25) is 0 Å².